The fourth-order valence-electron chi connectivity index (χ4n) is 2.54. The summed E-state index contributed by atoms with van der Waals surface area (Å²) in [6.07, 6.45) is 1.33. The average molecular weight is 155 g/mol. The SMILES string of the molecule is CCC1C2CNCC1COC2. The lowest BCUT2D eigenvalue weighted by molar-refractivity contribution is -0.0473. The van der Waals surface area contributed by atoms with E-state index in [-0.39, 0.29) is 0 Å². The Bertz CT molecular complexity index is 116. The molecule has 1 N–H and O–H groups in total. The first-order chi connectivity index (χ1) is 5.42. The van der Waals surface area contributed by atoms with Gasteiger partial charge in [0.1, 0.15) is 0 Å². The van der Waals surface area contributed by atoms with Crippen LogP contribution in [-0.2, 0) is 4.74 Å². The molecule has 64 valence electrons. The molecule has 2 rings (SSSR count). The topological polar surface area (TPSA) is 21.3 Å². The lowest BCUT2D eigenvalue weighted by Gasteiger charge is -2.42. The highest BCUT2D eigenvalue weighted by molar-refractivity contribution is 4.86. The molecule has 0 saturated carbocycles. The Labute approximate surface area is 68.3 Å². The van der Waals surface area contributed by atoms with Gasteiger partial charge in [0.15, 0.2) is 0 Å². The van der Waals surface area contributed by atoms with Gasteiger partial charge in [-0.05, 0) is 17.8 Å². The number of ether oxygens (including phenoxy) is 1. The van der Waals surface area contributed by atoms with Gasteiger partial charge in [-0.15, -0.1) is 0 Å². The summed E-state index contributed by atoms with van der Waals surface area (Å²) >= 11 is 0. The molecule has 2 aliphatic heterocycles. The molecule has 0 spiro atoms. The van der Waals surface area contributed by atoms with Gasteiger partial charge in [-0.1, -0.05) is 13.3 Å². The van der Waals surface area contributed by atoms with Crippen LogP contribution in [0.3, 0.4) is 0 Å². The van der Waals surface area contributed by atoms with Crippen LogP contribution in [-0.4, -0.2) is 26.3 Å². The summed E-state index contributed by atoms with van der Waals surface area (Å²) in [5.74, 6) is 2.53. The Kier molecular flexibility index (Phi) is 2.14. The predicted octanol–water partition coefficient (Wildman–Crippen LogP) is 0.878. The van der Waals surface area contributed by atoms with Crippen LogP contribution in [0.1, 0.15) is 13.3 Å². The lowest BCUT2D eigenvalue weighted by atomic mass is 9.76. The lowest BCUT2D eigenvalue weighted by Crippen LogP contribution is -2.50. The van der Waals surface area contributed by atoms with Crippen LogP contribution in [0.5, 0.6) is 0 Å². The number of fused-ring (bicyclic) bond motifs is 2. The third-order valence-corrected chi connectivity index (χ3v) is 3.16. The fraction of sp³-hybridized carbons (Fsp3) is 1.00. The standard InChI is InChI=1S/C9H17NO/c1-2-9-7-3-10-4-8(9)6-11-5-7/h7-10H,2-6H2,1H3. The van der Waals surface area contributed by atoms with Gasteiger partial charge in [-0.25, -0.2) is 0 Å². The molecule has 0 aromatic carbocycles. The maximum absolute atomic E-state index is 5.53. The Hall–Kier alpha value is -0.0800. The highest BCUT2D eigenvalue weighted by Gasteiger charge is 2.35. The summed E-state index contributed by atoms with van der Waals surface area (Å²) < 4.78 is 5.53. The van der Waals surface area contributed by atoms with E-state index in [2.05, 4.69) is 12.2 Å². The fourth-order valence-corrected chi connectivity index (χ4v) is 2.54. The van der Waals surface area contributed by atoms with E-state index >= 15 is 0 Å². The zero-order valence-electron chi connectivity index (χ0n) is 7.18. The molecule has 2 heterocycles. The molecule has 11 heavy (non-hydrogen) atoms. The molecular formula is C9H17NO. The molecule has 2 heteroatoms. The van der Waals surface area contributed by atoms with Gasteiger partial charge in [-0.3, -0.25) is 0 Å². The van der Waals surface area contributed by atoms with Gasteiger partial charge in [0.05, 0.1) is 13.2 Å². The maximum Gasteiger partial charge on any atom is 0.0509 e. The van der Waals surface area contributed by atoms with Crippen molar-refractivity contribution in [1.82, 2.24) is 5.32 Å². The van der Waals surface area contributed by atoms with Crippen molar-refractivity contribution in [3.63, 3.8) is 0 Å². The van der Waals surface area contributed by atoms with Crippen LogP contribution >= 0.6 is 0 Å². The molecule has 2 atom stereocenters. The van der Waals surface area contributed by atoms with Crippen molar-refractivity contribution in [2.24, 2.45) is 17.8 Å². The zero-order chi connectivity index (χ0) is 7.68. The van der Waals surface area contributed by atoms with Gasteiger partial charge in [0, 0.05) is 13.1 Å². The van der Waals surface area contributed by atoms with Crippen molar-refractivity contribution < 1.29 is 4.74 Å². The first-order valence-electron chi connectivity index (χ1n) is 4.70. The van der Waals surface area contributed by atoms with Gasteiger partial charge in [-0.2, -0.15) is 0 Å². The molecule has 2 saturated heterocycles. The second-order valence-electron chi connectivity index (χ2n) is 3.79. The van der Waals surface area contributed by atoms with Crippen LogP contribution in [0.15, 0.2) is 0 Å². The smallest absolute Gasteiger partial charge is 0.0509 e. The van der Waals surface area contributed by atoms with Crippen LogP contribution in [0.25, 0.3) is 0 Å². The Balaban J connectivity index is 2.04. The van der Waals surface area contributed by atoms with Crippen molar-refractivity contribution >= 4 is 0 Å². The van der Waals surface area contributed by atoms with Crippen molar-refractivity contribution in [2.45, 2.75) is 13.3 Å². The summed E-state index contributed by atoms with van der Waals surface area (Å²) in [5.41, 5.74) is 0. The summed E-state index contributed by atoms with van der Waals surface area (Å²) in [5, 5.41) is 3.47. The molecule has 0 amide bonds. The van der Waals surface area contributed by atoms with Crippen molar-refractivity contribution in [1.29, 1.82) is 0 Å². The molecule has 0 radical (unpaired) electrons. The molecule has 2 aliphatic rings. The molecular weight excluding hydrogens is 138 g/mol. The highest BCUT2D eigenvalue weighted by Crippen LogP contribution is 2.31. The maximum atomic E-state index is 5.53. The van der Waals surface area contributed by atoms with E-state index in [0.29, 0.717) is 0 Å². The first-order valence-corrected chi connectivity index (χ1v) is 4.70. The van der Waals surface area contributed by atoms with Crippen molar-refractivity contribution in [3.8, 4) is 0 Å². The van der Waals surface area contributed by atoms with Crippen LogP contribution in [0, 0.1) is 17.8 Å². The molecule has 2 fully saturated rings. The minimum atomic E-state index is 0.799. The summed E-state index contributed by atoms with van der Waals surface area (Å²) in [6.45, 7) is 6.63. The second-order valence-corrected chi connectivity index (χ2v) is 3.79. The highest BCUT2D eigenvalue weighted by atomic mass is 16.5. The molecule has 2 nitrogen and oxygen atoms in total. The minimum Gasteiger partial charge on any atom is -0.381 e. The predicted molar refractivity (Wildman–Crippen MR) is 44.4 cm³/mol. The Morgan fingerprint density at radius 1 is 1.27 bits per heavy atom. The van der Waals surface area contributed by atoms with Crippen LogP contribution in [0.2, 0.25) is 0 Å². The molecule has 0 aromatic rings. The summed E-state index contributed by atoms with van der Waals surface area (Å²) in [7, 11) is 0. The van der Waals surface area contributed by atoms with Gasteiger partial charge in [0.25, 0.3) is 0 Å². The average Bonchev–Trinajstić information content (AvgIpc) is 2.03. The third-order valence-electron chi connectivity index (χ3n) is 3.16. The van der Waals surface area contributed by atoms with E-state index in [9.17, 15) is 0 Å². The monoisotopic (exact) mass is 155 g/mol. The van der Waals surface area contributed by atoms with E-state index in [1.54, 1.807) is 0 Å². The number of rotatable bonds is 1. The summed E-state index contributed by atoms with van der Waals surface area (Å²) in [4.78, 5) is 0. The number of nitrogens with one attached hydrogen (secondary N) is 1. The van der Waals surface area contributed by atoms with Crippen molar-refractivity contribution in [2.75, 3.05) is 26.3 Å². The van der Waals surface area contributed by atoms with E-state index in [1.807, 2.05) is 0 Å². The van der Waals surface area contributed by atoms with Gasteiger partial charge < -0.3 is 10.1 Å². The second kappa shape index (κ2) is 3.11. The van der Waals surface area contributed by atoms with E-state index in [0.717, 1.165) is 31.0 Å². The Morgan fingerprint density at radius 2 is 1.91 bits per heavy atom. The molecule has 0 aromatic heterocycles. The van der Waals surface area contributed by atoms with Crippen molar-refractivity contribution in [3.05, 3.63) is 0 Å². The number of piperidine rings is 1. The van der Waals surface area contributed by atoms with Crippen LogP contribution in [0.4, 0.5) is 0 Å². The summed E-state index contributed by atoms with van der Waals surface area (Å²) in [6, 6.07) is 0. The van der Waals surface area contributed by atoms with Gasteiger partial charge in [0.2, 0.25) is 0 Å². The van der Waals surface area contributed by atoms with Crippen LogP contribution < -0.4 is 5.32 Å². The number of hydrogen-bond donors (Lipinski definition) is 1. The number of hydrogen-bond acceptors (Lipinski definition) is 2. The Morgan fingerprint density at radius 3 is 2.36 bits per heavy atom. The van der Waals surface area contributed by atoms with Gasteiger partial charge >= 0.3 is 0 Å². The van der Waals surface area contributed by atoms with E-state index in [4.69, 9.17) is 4.74 Å². The van der Waals surface area contributed by atoms with E-state index < -0.39 is 0 Å². The first kappa shape index (κ1) is 7.56. The largest absolute Gasteiger partial charge is 0.381 e. The third kappa shape index (κ3) is 1.30. The normalized spacial score (nSPS) is 43.9. The van der Waals surface area contributed by atoms with E-state index in [1.165, 1.54) is 19.5 Å². The molecule has 2 unspecified atom stereocenters. The quantitative estimate of drug-likeness (QED) is 0.607. The minimum absolute atomic E-state index is 0.799. The molecule has 2 bridgehead atoms. The molecule has 0 aliphatic carbocycles. The zero-order valence-corrected chi connectivity index (χ0v) is 7.18.